The van der Waals surface area contributed by atoms with Crippen LogP contribution < -0.4 is 10.6 Å². The van der Waals surface area contributed by atoms with E-state index in [2.05, 4.69) is 72.1 Å². The molecule has 0 unspecified atom stereocenters. The molecule has 8 atom stereocenters. The van der Waals surface area contributed by atoms with Gasteiger partial charge in [-0.05, 0) is 123 Å². The molecule has 5 aliphatic rings. The van der Waals surface area contributed by atoms with E-state index in [-0.39, 0.29) is 57.0 Å². The highest BCUT2D eigenvalue weighted by Crippen LogP contribution is 2.76. The standard InChI is InChI=1S/C49H82N2O6/c1-9-10-17-21-42(55)57-39-25-26-46(6)37(45(39,4)5)24-27-48(8)38(46)23-22-35-36-33-44(2,3)28-30-49(36,31-29-47(35,48)7)43(56)50-32-19-16-14-12-11-13-15-18-20-40(52)51-34-41(53)54/h22,36-39H,9-21,23-34H2,1-8H3,(H,50,56)(H,51,52)(H,53,54)/t36-,37-,38+,39-,46-,47+,48+,49-/m0/s1. The molecule has 0 aromatic rings. The zero-order chi connectivity index (χ0) is 41.7. The molecule has 0 aliphatic heterocycles. The summed E-state index contributed by atoms with van der Waals surface area (Å²) in [6.07, 6.45) is 26.0. The number of amides is 2. The molecule has 5 rings (SSSR count). The smallest absolute Gasteiger partial charge is 0.322 e. The molecule has 4 saturated carbocycles. The molecule has 0 spiro atoms. The fourth-order valence-electron chi connectivity index (χ4n) is 13.7. The average Bonchev–Trinajstić information content (AvgIpc) is 3.14. The highest BCUT2D eigenvalue weighted by Gasteiger charge is 2.69. The van der Waals surface area contributed by atoms with E-state index in [4.69, 9.17) is 9.84 Å². The molecular formula is C49H82N2O6. The van der Waals surface area contributed by atoms with Crippen molar-refractivity contribution in [3.05, 3.63) is 11.6 Å². The predicted octanol–water partition coefficient (Wildman–Crippen LogP) is 11.1. The van der Waals surface area contributed by atoms with Crippen molar-refractivity contribution in [2.45, 2.75) is 209 Å². The second-order valence-electron chi connectivity index (χ2n) is 21.7. The first-order valence-electron chi connectivity index (χ1n) is 23.5. The van der Waals surface area contributed by atoms with Crippen LogP contribution in [0.5, 0.6) is 0 Å². The molecule has 3 N–H and O–H groups in total. The SMILES string of the molecule is CCCCCC(=O)O[C@H]1CC[C@]2(C)[C@H]3CC=C4[C@@H]5CC(C)(C)CC[C@]5(C(=O)NCCCCCCCCCCC(=O)NCC(=O)O)CC[C@@]4(C)[C@]3(C)CC[C@H]2C1(C)C. The molecule has 2 amide bonds. The number of aliphatic carboxylic acids is 1. The summed E-state index contributed by atoms with van der Waals surface area (Å²) in [7, 11) is 0. The second-order valence-corrected chi connectivity index (χ2v) is 21.7. The molecule has 8 heteroatoms. The van der Waals surface area contributed by atoms with Crippen LogP contribution in [0, 0.1) is 50.2 Å². The maximum absolute atomic E-state index is 14.5. The number of fused-ring (bicyclic) bond motifs is 7. The lowest BCUT2D eigenvalue weighted by molar-refractivity contribution is -0.213. The summed E-state index contributed by atoms with van der Waals surface area (Å²) in [5.41, 5.74) is 1.91. The highest BCUT2D eigenvalue weighted by atomic mass is 16.5. The summed E-state index contributed by atoms with van der Waals surface area (Å²) in [4.78, 5) is 49.7. The van der Waals surface area contributed by atoms with Crippen LogP contribution in [-0.4, -0.2) is 48.1 Å². The number of unbranched alkanes of at least 4 members (excludes halogenated alkanes) is 9. The van der Waals surface area contributed by atoms with Gasteiger partial charge >= 0.3 is 11.9 Å². The van der Waals surface area contributed by atoms with Gasteiger partial charge in [-0.3, -0.25) is 19.2 Å². The van der Waals surface area contributed by atoms with Crippen LogP contribution >= 0.6 is 0 Å². The molecule has 8 nitrogen and oxygen atoms in total. The van der Waals surface area contributed by atoms with Crippen LogP contribution in [0.3, 0.4) is 0 Å². The van der Waals surface area contributed by atoms with Gasteiger partial charge in [0.2, 0.25) is 11.8 Å². The van der Waals surface area contributed by atoms with E-state index in [1.807, 2.05) is 0 Å². The van der Waals surface area contributed by atoms with E-state index in [0.29, 0.717) is 36.5 Å². The highest BCUT2D eigenvalue weighted by molar-refractivity contribution is 5.84. The zero-order valence-corrected chi connectivity index (χ0v) is 37.6. The Kier molecular flexibility index (Phi) is 14.8. The van der Waals surface area contributed by atoms with Gasteiger partial charge in [0.05, 0.1) is 5.41 Å². The first-order chi connectivity index (χ1) is 26.9. The summed E-state index contributed by atoms with van der Waals surface area (Å²) < 4.78 is 6.30. The number of hydrogen-bond donors (Lipinski definition) is 3. The molecule has 57 heavy (non-hydrogen) atoms. The number of carbonyl (C=O) groups is 4. The van der Waals surface area contributed by atoms with Crippen molar-refractivity contribution in [3.63, 3.8) is 0 Å². The fraction of sp³-hybridized carbons (Fsp3) is 0.878. The molecular weight excluding hydrogens is 713 g/mol. The average molecular weight is 795 g/mol. The van der Waals surface area contributed by atoms with Gasteiger partial charge in [0, 0.05) is 24.8 Å². The molecule has 4 fully saturated rings. The topological polar surface area (TPSA) is 122 Å². The van der Waals surface area contributed by atoms with E-state index >= 15 is 0 Å². The Hall–Kier alpha value is -2.38. The summed E-state index contributed by atoms with van der Waals surface area (Å²) >= 11 is 0. The van der Waals surface area contributed by atoms with Crippen LogP contribution in [0.15, 0.2) is 11.6 Å². The number of allylic oxidation sites excluding steroid dienone is 2. The third-order valence-electron chi connectivity index (χ3n) is 17.3. The van der Waals surface area contributed by atoms with Gasteiger partial charge in [-0.1, -0.05) is 118 Å². The van der Waals surface area contributed by atoms with Crippen molar-refractivity contribution in [1.29, 1.82) is 0 Å². The minimum atomic E-state index is -1.01. The van der Waals surface area contributed by atoms with E-state index in [0.717, 1.165) is 129 Å². The van der Waals surface area contributed by atoms with Crippen molar-refractivity contribution < 1.29 is 29.0 Å². The van der Waals surface area contributed by atoms with Gasteiger partial charge in [0.1, 0.15) is 12.6 Å². The molecule has 0 bridgehead atoms. The van der Waals surface area contributed by atoms with Crippen LogP contribution in [0.25, 0.3) is 0 Å². The maximum atomic E-state index is 14.5. The maximum Gasteiger partial charge on any atom is 0.322 e. The molecule has 324 valence electrons. The summed E-state index contributed by atoms with van der Waals surface area (Å²) in [6.45, 7) is 20.1. The number of nitrogens with one attached hydrogen (secondary N) is 2. The Morgan fingerprint density at radius 3 is 2.07 bits per heavy atom. The quantitative estimate of drug-likeness (QED) is 0.0680. The molecule has 0 aromatic heterocycles. The molecule has 0 saturated heterocycles. The number of hydrogen-bond acceptors (Lipinski definition) is 5. The molecule has 0 heterocycles. The lowest BCUT2D eigenvalue weighted by atomic mass is 9.33. The zero-order valence-electron chi connectivity index (χ0n) is 37.6. The molecule has 0 radical (unpaired) electrons. The minimum absolute atomic E-state index is 0.00427. The van der Waals surface area contributed by atoms with Gasteiger partial charge < -0.3 is 20.5 Å². The van der Waals surface area contributed by atoms with Crippen molar-refractivity contribution in [2.24, 2.45) is 50.2 Å². The van der Waals surface area contributed by atoms with Crippen molar-refractivity contribution in [3.8, 4) is 0 Å². The molecule has 0 aromatic carbocycles. The Labute approximate surface area is 346 Å². The molecule has 5 aliphatic carbocycles. The summed E-state index contributed by atoms with van der Waals surface area (Å²) in [5.74, 6) is 0.502. The van der Waals surface area contributed by atoms with Gasteiger partial charge in [0.25, 0.3) is 0 Å². The minimum Gasteiger partial charge on any atom is -0.480 e. The number of carbonyl (C=O) groups excluding carboxylic acids is 3. The lowest BCUT2D eigenvalue weighted by Gasteiger charge is -2.71. The Bertz CT molecular complexity index is 1470. The third kappa shape index (κ3) is 9.50. The summed E-state index contributed by atoms with van der Waals surface area (Å²) in [5, 5.41) is 14.6. The van der Waals surface area contributed by atoms with E-state index in [1.165, 1.54) is 12.8 Å². The van der Waals surface area contributed by atoms with Crippen LogP contribution in [0.2, 0.25) is 0 Å². The number of esters is 1. The fourth-order valence-corrected chi connectivity index (χ4v) is 13.7. The van der Waals surface area contributed by atoms with Gasteiger partial charge in [-0.25, -0.2) is 0 Å². The van der Waals surface area contributed by atoms with Crippen LogP contribution in [-0.2, 0) is 23.9 Å². The van der Waals surface area contributed by atoms with Crippen molar-refractivity contribution >= 4 is 23.8 Å². The number of carboxylic acids is 1. The van der Waals surface area contributed by atoms with Crippen LogP contribution in [0.4, 0.5) is 0 Å². The van der Waals surface area contributed by atoms with E-state index < -0.39 is 5.97 Å². The van der Waals surface area contributed by atoms with Crippen molar-refractivity contribution in [1.82, 2.24) is 10.6 Å². The second kappa shape index (κ2) is 18.5. The normalized spacial score (nSPS) is 35.0. The van der Waals surface area contributed by atoms with E-state index in [1.54, 1.807) is 5.57 Å². The largest absolute Gasteiger partial charge is 0.480 e. The first-order valence-corrected chi connectivity index (χ1v) is 23.5. The first kappa shape index (κ1) is 45.7. The summed E-state index contributed by atoms with van der Waals surface area (Å²) in [6, 6.07) is 0. The van der Waals surface area contributed by atoms with Crippen molar-refractivity contribution in [2.75, 3.05) is 13.1 Å². The Balaban J connectivity index is 1.18. The number of rotatable bonds is 19. The van der Waals surface area contributed by atoms with Gasteiger partial charge in [0.15, 0.2) is 0 Å². The predicted molar refractivity (Wildman–Crippen MR) is 228 cm³/mol. The Morgan fingerprint density at radius 1 is 0.737 bits per heavy atom. The lowest BCUT2D eigenvalue weighted by Crippen LogP contribution is -2.65. The third-order valence-corrected chi connectivity index (χ3v) is 17.3. The van der Waals surface area contributed by atoms with Gasteiger partial charge in [-0.15, -0.1) is 0 Å². The van der Waals surface area contributed by atoms with Gasteiger partial charge in [-0.2, -0.15) is 0 Å². The van der Waals surface area contributed by atoms with Crippen LogP contribution in [0.1, 0.15) is 203 Å². The Morgan fingerprint density at radius 2 is 1.39 bits per heavy atom. The number of ether oxygens (including phenoxy) is 1. The monoisotopic (exact) mass is 795 g/mol. The number of carboxylic acid groups (broad SMARTS) is 1. The van der Waals surface area contributed by atoms with E-state index in [9.17, 15) is 19.2 Å².